The number of carbonyl (C=O) groups is 1. The number of rotatable bonds is 5. The van der Waals surface area contributed by atoms with Gasteiger partial charge in [-0.05, 0) is 117 Å². The van der Waals surface area contributed by atoms with Crippen LogP contribution in [0.25, 0.3) is 0 Å². The van der Waals surface area contributed by atoms with Crippen molar-refractivity contribution in [3.63, 3.8) is 0 Å². The molecule has 0 amide bonds. The molecule has 8 heteroatoms. The molecule has 2 aromatic carbocycles. The van der Waals surface area contributed by atoms with E-state index in [0.29, 0.717) is 30.0 Å². The van der Waals surface area contributed by atoms with Crippen LogP contribution in [-0.2, 0) is 32.5 Å². The Labute approximate surface area is 225 Å². The monoisotopic (exact) mass is 538 g/mol. The van der Waals surface area contributed by atoms with E-state index < -0.39 is 10.0 Å². The second-order valence-corrected chi connectivity index (χ2v) is 13.7. The molecule has 7 nitrogen and oxygen atoms in total. The molecule has 6 unspecified atom stereocenters. The molecule has 0 aromatic heterocycles. The number of hydrogen-bond acceptors (Lipinski definition) is 6. The smallest absolute Gasteiger partial charge is 0.323 e. The Balaban J connectivity index is 1.12. The van der Waals surface area contributed by atoms with Crippen LogP contribution in [0, 0.1) is 17.3 Å². The fourth-order valence-corrected chi connectivity index (χ4v) is 8.75. The molecule has 3 N–H and O–H groups in total. The van der Waals surface area contributed by atoms with Gasteiger partial charge in [-0.3, -0.25) is 9.69 Å². The van der Waals surface area contributed by atoms with Gasteiger partial charge in [-0.15, -0.1) is 0 Å². The number of phenolic OH excluding ortho intramolecular Hbond substituents is 1. The van der Waals surface area contributed by atoms with E-state index in [1.807, 2.05) is 12.1 Å². The number of aromatic hydroxyl groups is 1. The number of ether oxygens (including phenoxy) is 1. The van der Waals surface area contributed by atoms with Crippen molar-refractivity contribution in [2.24, 2.45) is 22.4 Å². The van der Waals surface area contributed by atoms with Crippen LogP contribution < -0.4 is 5.14 Å². The maximum atomic E-state index is 13.5. The van der Waals surface area contributed by atoms with Crippen LogP contribution in [0.4, 0.5) is 0 Å². The Hall–Kier alpha value is -2.42. The molecule has 3 aliphatic carbocycles. The van der Waals surface area contributed by atoms with E-state index in [2.05, 4.69) is 17.9 Å². The molecule has 6 atom stereocenters. The highest BCUT2D eigenvalue weighted by Gasteiger charge is 2.56. The van der Waals surface area contributed by atoms with E-state index in [1.165, 1.54) is 23.3 Å². The van der Waals surface area contributed by atoms with Crippen LogP contribution in [0.5, 0.6) is 5.75 Å². The van der Waals surface area contributed by atoms with Gasteiger partial charge in [-0.1, -0.05) is 25.1 Å². The molecular weight excluding hydrogens is 500 g/mol. The number of benzene rings is 2. The molecule has 6 rings (SSSR count). The fourth-order valence-electron chi connectivity index (χ4n) is 8.23. The first-order chi connectivity index (χ1) is 18.1. The lowest BCUT2D eigenvalue weighted by molar-refractivity contribution is -0.163. The van der Waals surface area contributed by atoms with Gasteiger partial charge in [0, 0.05) is 12.0 Å². The topological polar surface area (TPSA) is 110 Å². The Kier molecular flexibility index (Phi) is 6.56. The molecule has 1 saturated heterocycles. The van der Waals surface area contributed by atoms with E-state index in [4.69, 9.17) is 9.88 Å². The van der Waals surface area contributed by atoms with E-state index >= 15 is 0 Å². The first-order valence-electron chi connectivity index (χ1n) is 14.0. The zero-order valence-corrected chi connectivity index (χ0v) is 22.8. The van der Waals surface area contributed by atoms with Crippen LogP contribution in [0.15, 0.2) is 47.4 Å². The van der Waals surface area contributed by atoms with Crippen LogP contribution in [-0.4, -0.2) is 43.1 Å². The first-order valence-corrected chi connectivity index (χ1v) is 15.6. The highest BCUT2D eigenvalue weighted by atomic mass is 32.2. The van der Waals surface area contributed by atoms with Gasteiger partial charge in [0.2, 0.25) is 10.0 Å². The standard InChI is InChI=1S/C30H38N2O5S/c1-30-15-14-24-23-11-7-21(33)17-20(23)6-10-25(24)26(30)12-13-28(30)37-29(34)27-3-2-16-32(27)18-19-4-8-22(9-5-19)38(31,35)36/h4-5,7-9,11,17,24-28,33H,2-3,6,10,12-16,18H2,1H3,(H2,31,35,36). The normalized spacial score (nSPS) is 32.8. The summed E-state index contributed by atoms with van der Waals surface area (Å²) in [5.74, 6) is 1.95. The molecular formula is C30H38N2O5S. The minimum atomic E-state index is -3.72. The lowest BCUT2D eigenvalue weighted by Gasteiger charge is -2.50. The summed E-state index contributed by atoms with van der Waals surface area (Å²) in [5.41, 5.74) is 3.68. The number of carbonyl (C=O) groups excluding carboxylic acids is 1. The lowest BCUT2D eigenvalue weighted by atomic mass is 9.55. The van der Waals surface area contributed by atoms with Crippen molar-refractivity contribution in [2.75, 3.05) is 6.54 Å². The van der Waals surface area contributed by atoms with Crippen molar-refractivity contribution in [3.8, 4) is 5.75 Å². The largest absolute Gasteiger partial charge is 0.508 e. The summed E-state index contributed by atoms with van der Waals surface area (Å²) in [6.07, 6.45) is 8.04. The highest BCUT2D eigenvalue weighted by Crippen LogP contribution is 2.61. The van der Waals surface area contributed by atoms with Crippen molar-refractivity contribution < 1.29 is 23.1 Å². The van der Waals surface area contributed by atoms with Gasteiger partial charge in [-0.2, -0.15) is 0 Å². The maximum Gasteiger partial charge on any atom is 0.323 e. The number of esters is 1. The third-order valence-corrected chi connectivity index (χ3v) is 11.1. The predicted octanol–water partition coefficient (Wildman–Crippen LogP) is 4.47. The predicted molar refractivity (Wildman–Crippen MR) is 144 cm³/mol. The number of likely N-dealkylation sites (tertiary alicyclic amines) is 1. The first kappa shape index (κ1) is 25.8. The summed E-state index contributed by atoms with van der Waals surface area (Å²) >= 11 is 0. The van der Waals surface area contributed by atoms with Crippen molar-refractivity contribution in [1.29, 1.82) is 0 Å². The Morgan fingerprint density at radius 2 is 1.89 bits per heavy atom. The van der Waals surface area contributed by atoms with Crippen molar-refractivity contribution >= 4 is 16.0 Å². The van der Waals surface area contributed by atoms with Gasteiger partial charge in [0.15, 0.2) is 0 Å². The van der Waals surface area contributed by atoms with Crippen molar-refractivity contribution in [1.82, 2.24) is 4.90 Å². The molecule has 0 spiro atoms. The third-order valence-electron chi connectivity index (χ3n) is 10.2. The van der Waals surface area contributed by atoms with Gasteiger partial charge >= 0.3 is 5.97 Å². The van der Waals surface area contributed by atoms with E-state index in [0.717, 1.165) is 63.5 Å². The number of hydrogen-bond donors (Lipinski definition) is 2. The Morgan fingerprint density at radius 1 is 1.11 bits per heavy atom. The van der Waals surface area contributed by atoms with Gasteiger partial charge in [-0.25, -0.2) is 13.6 Å². The number of aryl methyl sites for hydroxylation is 1. The fraction of sp³-hybridized carbons (Fsp3) is 0.567. The molecule has 1 heterocycles. The summed E-state index contributed by atoms with van der Waals surface area (Å²) in [5, 5.41) is 15.2. The van der Waals surface area contributed by atoms with E-state index in [9.17, 15) is 18.3 Å². The van der Waals surface area contributed by atoms with Gasteiger partial charge < -0.3 is 9.84 Å². The zero-order chi connectivity index (χ0) is 26.7. The number of nitrogens with two attached hydrogens (primary N) is 1. The summed E-state index contributed by atoms with van der Waals surface area (Å²) in [7, 11) is -3.72. The number of primary sulfonamides is 1. The van der Waals surface area contributed by atoms with Crippen molar-refractivity contribution in [3.05, 3.63) is 59.2 Å². The average molecular weight is 539 g/mol. The molecule has 0 bridgehead atoms. The summed E-state index contributed by atoms with van der Waals surface area (Å²) < 4.78 is 29.5. The summed E-state index contributed by atoms with van der Waals surface area (Å²) in [4.78, 5) is 15.8. The summed E-state index contributed by atoms with van der Waals surface area (Å²) in [6.45, 7) is 3.75. The third kappa shape index (κ3) is 4.54. The van der Waals surface area contributed by atoms with Crippen molar-refractivity contribution in [2.45, 2.75) is 87.8 Å². The quantitative estimate of drug-likeness (QED) is 0.544. The molecule has 2 saturated carbocycles. The molecule has 0 radical (unpaired) electrons. The highest BCUT2D eigenvalue weighted by molar-refractivity contribution is 7.89. The van der Waals surface area contributed by atoms with Crippen LogP contribution in [0.3, 0.4) is 0 Å². The van der Waals surface area contributed by atoms with Crippen LogP contribution in [0.1, 0.15) is 74.5 Å². The van der Waals surface area contributed by atoms with Crippen LogP contribution >= 0.6 is 0 Å². The molecule has 4 aliphatic rings. The Morgan fingerprint density at radius 3 is 2.66 bits per heavy atom. The molecule has 204 valence electrons. The number of sulfonamides is 1. The number of phenols is 1. The van der Waals surface area contributed by atoms with E-state index in [-0.39, 0.29) is 28.4 Å². The molecule has 2 aromatic rings. The van der Waals surface area contributed by atoms with E-state index in [1.54, 1.807) is 12.1 Å². The number of nitrogens with zero attached hydrogens (tertiary/aromatic N) is 1. The average Bonchev–Trinajstić information content (AvgIpc) is 3.47. The second-order valence-electron chi connectivity index (χ2n) is 12.2. The molecule has 38 heavy (non-hydrogen) atoms. The minimum absolute atomic E-state index is 0.0121. The second kappa shape index (κ2) is 9.65. The maximum absolute atomic E-state index is 13.5. The van der Waals surface area contributed by atoms with Gasteiger partial charge in [0.1, 0.15) is 17.9 Å². The van der Waals surface area contributed by atoms with Crippen LogP contribution in [0.2, 0.25) is 0 Å². The minimum Gasteiger partial charge on any atom is -0.508 e. The SMILES string of the molecule is CC12CCC3c4ccc(O)cc4CCC3C1CCC2OC(=O)C1CCCN1Cc1ccc(S(N)(=O)=O)cc1. The Bertz CT molecular complexity index is 1330. The molecule has 3 fully saturated rings. The number of fused-ring (bicyclic) bond motifs is 5. The molecule has 1 aliphatic heterocycles. The van der Waals surface area contributed by atoms with Gasteiger partial charge in [0.05, 0.1) is 4.90 Å². The summed E-state index contributed by atoms with van der Waals surface area (Å²) in [6, 6.07) is 12.2. The van der Waals surface area contributed by atoms with Gasteiger partial charge in [0.25, 0.3) is 0 Å². The lowest BCUT2D eigenvalue weighted by Crippen LogP contribution is -2.47. The zero-order valence-electron chi connectivity index (χ0n) is 22.0.